The van der Waals surface area contributed by atoms with Gasteiger partial charge in [-0.2, -0.15) is 0 Å². The summed E-state index contributed by atoms with van der Waals surface area (Å²) in [5.74, 6) is 0. The third-order valence-corrected chi connectivity index (χ3v) is 3.15. The smallest absolute Gasteiger partial charge is 0.0323 e. The van der Waals surface area contributed by atoms with Crippen LogP contribution in [-0.2, 0) is 0 Å². The summed E-state index contributed by atoms with van der Waals surface area (Å²) >= 11 is 0. The molecule has 1 spiro atoms. The molecule has 2 atom stereocenters. The first kappa shape index (κ1) is 7.56. The van der Waals surface area contributed by atoms with Crippen molar-refractivity contribution < 1.29 is 0 Å². The van der Waals surface area contributed by atoms with Gasteiger partial charge in [0.2, 0.25) is 0 Å². The Morgan fingerprint density at radius 1 is 1.45 bits per heavy atom. The molecule has 2 heteroatoms. The Balaban J connectivity index is 2.02. The highest BCUT2D eigenvalue weighted by Crippen LogP contribution is 2.31. The molecule has 2 aliphatic heterocycles. The number of nitrogens with one attached hydrogen (secondary N) is 1. The van der Waals surface area contributed by atoms with E-state index in [0.29, 0.717) is 5.54 Å². The topological polar surface area (TPSA) is 15.3 Å². The number of hydrogen-bond acceptors (Lipinski definition) is 2. The van der Waals surface area contributed by atoms with E-state index in [1.807, 2.05) is 0 Å². The molecule has 0 saturated carbocycles. The van der Waals surface area contributed by atoms with E-state index >= 15 is 0 Å². The minimum atomic E-state index is 0.508. The molecular weight excluding hydrogens is 136 g/mol. The average Bonchev–Trinajstić information content (AvgIpc) is 2.44. The van der Waals surface area contributed by atoms with Gasteiger partial charge < -0.3 is 10.2 Å². The van der Waals surface area contributed by atoms with Crippen LogP contribution in [0.5, 0.6) is 0 Å². The monoisotopic (exact) mass is 154 g/mol. The second-order valence-electron chi connectivity index (χ2n) is 4.35. The molecule has 2 aliphatic rings. The lowest BCUT2D eigenvalue weighted by Gasteiger charge is -2.24. The fourth-order valence-electron chi connectivity index (χ4n) is 2.56. The summed E-state index contributed by atoms with van der Waals surface area (Å²) in [6.07, 6.45) is 4.11. The zero-order valence-electron chi connectivity index (χ0n) is 7.56. The van der Waals surface area contributed by atoms with Gasteiger partial charge >= 0.3 is 0 Å². The van der Waals surface area contributed by atoms with Gasteiger partial charge in [-0.1, -0.05) is 0 Å². The molecule has 0 bridgehead atoms. The van der Waals surface area contributed by atoms with E-state index in [-0.39, 0.29) is 0 Å². The van der Waals surface area contributed by atoms with Crippen LogP contribution in [0.15, 0.2) is 0 Å². The first-order valence-corrected chi connectivity index (χ1v) is 4.66. The summed E-state index contributed by atoms with van der Waals surface area (Å²) in [6, 6.07) is 0.751. The van der Waals surface area contributed by atoms with Gasteiger partial charge in [-0.05, 0) is 39.8 Å². The van der Waals surface area contributed by atoms with E-state index < -0.39 is 0 Å². The second-order valence-corrected chi connectivity index (χ2v) is 4.35. The maximum atomic E-state index is 3.72. The SMILES string of the molecule is C[C@H]1CC[C@]2(CCN(C)C2)N1. The fraction of sp³-hybridized carbons (Fsp3) is 1.00. The van der Waals surface area contributed by atoms with E-state index in [0.717, 1.165) is 6.04 Å². The van der Waals surface area contributed by atoms with Crippen molar-refractivity contribution in [2.75, 3.05) is 20.1 Å². The van der Waals surface area contributed by atoms with Crippen LogP contribution in [0.25, 0.3) is 0 Å². The van der Waals surface area contributed by atoms with E-state index in [9.17, 15) is 0 Å². The lowest BCUT2D eigenvalue weighted by molar-refractivity contribution is 0.336. The van der Waals surface area contributed by atoms with Crippen molar-refractivity contribution in [1.29, 1.82) is 0 Å². The van der Waals surface area contributed by atoms with Crippen LogP contribution in [0, 0.1) is 0 Å². The van der Waals surface area contributed by atoms with Crippen LogP contribution in [0.1, 0.15) is 26.2 Å². The van der Waals surface area contributed by atoms with Crippen molar-refractivity contribution in [3.05, 3.63) is 0 Å². The minimum Gasteiger partial charge on any atom is -0.307 e. The maximum Gasteiger partial charge on any atom is 0.0323 e. The molecule has 2 nitrogen and oxygen atoms in total. The molecule has 64 valence electrons. The average molecular weight is 154 g/mol. The highest BCUT2D eigenvalue weighted by atomic mass is 15.2. The molecule has 0 radical (unpaired) electrons. The molecule has 0 aromatic carbocycles. The first-order chi connectivity index (χ1) is 5.20. The van der Waals surface area contributed by atoms with Crippen LogP contribution < -0.4 is 5.32 Å². The predicted octanol–water partition coefficient (Wildman–Crippen LogP) is 0.833. The third-order valence-electron chi connectivity index (χ3n) is 3.15. The lowest BCUT2D eigenvalue weighted by atomic mass is 9.97. The van der Waals surface area contributed by atoms with Crippen LogP contribution in [0.3, 0.4) is 0 Å². The predicted molar refractivity (Wildman–Crippen MR) is 46.7 cm³/mol. The Hall–Kier alpha value is -0.0800. The van der Waals surface area contributed by atoms with Gasteiger partial charge in [0.25, 0.3) is 0 Å². The van der Waals surface area contributed by atoms with Crippen LogP contribution in [-0.4, -0.2) is 36.6 Å². The number of hydrogen-bond donors (Lipinski definition) is 1. The Bertz CT molecular complexity index is 138. The number of rotatable bonds is 0. The summed E-state index contributed by atoms with van der Waals surface area (Å²) < 4.78 is 0. The number of nitrogens with zero attached hydrogens (tertiary/aromatic N) is 1. The van der Waals surface area contributed by atoms with Gasteiger partial charge in [0.05, 0.1) is 0 Å². The molecule has 0 aromatic rings. The van der Waals surface area contributed by atoms with E-state index in [2.05, 4.69) is 24.2 Å². The van der Waals surface area contributed by atoms with Crippen LogP contribution in [0.2, 0.25) is 0 Å². The molecule has 2 saturated heterocycles. The van der Waals surface area contributed by atoms with Crippen LogP contribution >= 0.6 is 0 Å². The summed E-state index contributed by atoms with van der Waals surface area (Å²) in [7, 11) is 2.22. The maximum absolute atomic E-state index is 3.72. The number of likely N-dealkylation sites (tertiary alicyclic amines) is 1. The zero-order valence-corrected chi connectivity index (χ0v) is 7.56. The Morgan fingerprint density at radius 2 is 2.27 bits per heavy atom. The molecule has 2 rings (SSSR count). The van der Waals surface area contributed by atoms with Gasteiger partial charge in [-0.3, -0.25) is 0 Å². The van der Waals surface area contributed by atoms with Crippen molar-refractivity contribution in [2.45, 2.75) is 37.8 Å². The Labute approximate surface area is 69.0 Å². The summed E-state index contributed by atoms with van der Waals surface area (Å²) in [5, 5.41) is 3.72. The van der Waals surface area contributed by atoms with Crippen molar-refractivity contribution in [1.82, 2.24) is 10.2 Å². The molecule has 0 aliphatic carbocycles. The lowest BCUT2D eigenvalue weighted by Crippen LogP contribution is -2.44. The van der Waals surface area contributed by atoms with E-state index in [1.54, 1.807) is 0 Å². The quantitative estimate of drug-likeness (QED) is 0.556. The second kappa shape index (κ2) is 2.46. The Morgan fingerprint density at radius 3 is 2.73 bits per heavy atom. The van der Waals surface area contributed by atoms with Crippen molar-refractivity contribution in [3.63, 3.8) is 0 Å². The zero-order chi connectivity index (χ0) is 7.90. The van der Waals surface area contributed by atoms with Gasteiger partial charge in [0.15, 0.2) is 0 Å². The first-order valence-electron chi connectivity index (χ1n) is 4.66. The summed E-state index contributed by atoms with van der Waals surface area (Å²) in [4.78, 5) is 2.44. The molecule has 0 aromatic heterocycles. The van der Waals surface area contributed by atoms with Gasteiger partial charge in [0.1, 0.15) is 0 Å². The van der Waals surface area contributed by atoms with Gasteiger partial charge in [-0.15, -0.1) is 0 Å². The summed E-state index contributed by atoms with van der Waals surface area (Å²) in [5.41, 5.74) is 0.508. The van der Waals surface area contributed by atoms with E-state index in [1.165, 1.54) is 32.4 Å². The number of likely N-dealkylation sites (N-methyl/N-ethyl adjacent to an activating group) is 1. The van der Waals surface area contributed by atoms with E-state index in [4.69, 9.17) is 0 Å². The molecule has 1 N–H and O–H groups in total. The largest absolute Gasteiger partial charge is 0.307 e. The Kier molecular flexibility index (Phi) is 1.69. The minimum absolute atomic E-state index is 0.508. The third kappa shape index (κ3) is 1.30. The summed E-state index contributed by atoms with van der Waals surface area (Å²) in [6.45, 7) is 4.84. The standard InChI is InChI=1S/C9H18N2/c1-8-3-4-9(10-8)5-6-11(2)7-9/h8,10H,3-7H2,1-2H3/t8-,9+/m0/s1. The normalized spacial score (nSPS) is 45.8. The molecular formula is C9H18N2. The van der Waals surface area contributed by atoms with Crippen LogP contribution in [0.4, 0.5) is 0 Å². The van der Waals surface area contributed by atoms with Gasteiger partial charge in [-0.25, -0.2) is 0 Å². The van der Waals surface area contributed by atoms with Crippen molar-refractivity contribution in [2.24, 2.45) is 0 Å². The van der Waals surface area contributed by atoms with Gasteiger partial charge in [0, 0.05) is 18.1 Å². The fourth-order valence-corrected chi connectivity index (χ4v) is 2.56. The van der Waals surface area contributed by atoms with Crippen molar-refractivity contribution >= 4 is 0 Å². The molecule has 11 heavy (non-hydrogen) atoms. The molecule has 2 heterocycles. The molecule has 0 unspecified atom stereocenters. The highest BCUT2D eigenvalue weighted by Gasteiger charge is 2.40. The highest BCUT2D eigenvalue weighted by molar-refractivity contribution is 5.02. The van der Waals surface area contributed by atoms with Crippen molar-refractivity contribution in [3.8, 4) is 0 Å². The molecule has 0 amide bonds. The molecule has 2 fully saturated rings.